The summed E-state index contributed by atoms with van der Waals surface area (Å²) in [6.45, 7) is 4.40. The third-order valence-electron chi connectivity index (χ3n) is 4.15. The fraction of sp³-hybridized carbons (Fsp3) is 0.190. The fourth-order valence-corrected chi connectivity index (χ4v) is 2.76. The van der Waals surface area contributed by atoms with Gasteiger partial charge in [0.15, 0.2) is 0 Å². The normalized spacial score (nSPS) is 11.8. The van der Waals surface area contributed by atoms with Crippen LogP contribution < -0.4 is 0 Å². The Morgan fingerprint density at radius 2 is 1.76 bits per heavy atom. The van der Waals surface area contributed by atoms with Gasteiger partial charge in [-0.1, -0.05) is 42.5 Å². The Morgan fingerprint density at radius 3 is 2.44 bits per heavy atom. The topological polar surface area (TPSA) is 46.1 Å². The van der Waals surface area contributed by atoms with Crippen molar-refractivity contribution in [3.8, 4) is 0 Å². The van der Waals surface area contributed by atoms with Crippen molar-refractivity contribution in [3.05, 3.63) is 95.6 Å². The zero-order chi connectivity index (χ0) is 17.6. The first kappa shape index (κ1) is 16.8. The van der Waals surface area contributed by atoms with E-state index in [1.165, 1.54) is 0 Å². The highest BCUT2D eigenvalue weighted by molar-refractivity contribution is 5.92. The summed E-state index contributed by atoms with van der Waals surface area (Å²) in [5, 5.41) is 0. The molecule has 0 saturated heterocycles. The molecule has 4 nitrogen and oxygen atoms in total. The number of hydrogen-bond acceptors (Lipinski definition) is 3. The number of carbonyl (C=O) groups is 1. The molecule has 0 bridgehead atoms. The lowest BCUT2D eigenvalue weighted by Crippen LogP contribution is -2.34. The van der Waals surface area contributed by atoms with Gasteiger partial charge in [-0.2, -0.15) is 0 Å². The average molecular weight is 331 g/mol. The molecule has 3 rings (SSSR count). The van der Waals surface area contributed by atoms with E-state index >= 15 is 0 Å². The van der Waals surface area contributed by atoms with Gasteiger partial charge in [0.2, 0.25) is 0 Å². The number of hydrogen-bond donors (Lipinski definition) is 0. The van der Waals surface area contributed by atoms with Crippen molar-refractivity contribution in [2.45, 2.75) is 26.4 Å². The molecule has 2 heterocycles. The zero-order valence-corrected chi connectivity index (χ0v) is 14.5. The predicted octanol–water partition coefficient (Wildman–Crippen LogP) is 4.19. The number of rotatable bonds is 5. The van der Waals surface area contributed by atoms with Gasteiger partial charge in [0.25, 0.3) is 5.91 Å². The summed E-state index contributed by atoms with van der Waals surface area (Å²) in [5.74, 6) is -0.0919. The van der Waals surface area contributed by atoms with E-state index in [1.54, 1.807) is 12.3 Å². The molecule has 0 aliphatic carbocycles. The molecule has 4 heteroatoms. The second-order valence-electron chi connectivity index (χ2n) is 6.01. The lowest BCUT2D eigenvalue weighted by molar-refractivity contribution is 0.0664. The van der Waals surface area contributed by atoms with Gasteiger partial charge in [0, 0.05) is 18.4 Å². The molecule has 0 aliphatic rings. The number of benzene rings is 1. The summed E-state index contributed by atoms with van der Waals surface area (Å²) in [6, 6.07) is 21.1. The van der Waals surface area contributed by atoms with E-state index in [1.807, 2.05) is 79.4 Å². The van der Waals surface area contributed by atoms with Gasteiger partial charge in [-0.05, 0) is 43.7 Å². The van der Waals surface area contributed by atoms with Crippen molar-refractivity contribution in [2.24, 2.45) is 0 Å². The van der Waals surface area contributed by atoms with Crippen molar-refractivity contribution >= 4 is 5.91 Å². The minimum atomic E-state index is -0.156. The van der Waals surface area contributed by atoms with Crippen LogP contribution in [-0.2, 0) is 6.54 Å². The van der Waals surface area contributed by atoms with Crippen LogP contribution in [0.2, 0.25) is 0 Å². The van der Waals surface area contributed by atoms with Gasteiger partial charge in [-0.25, -0.2) is 4.98 Å². The number of pyridine rings is 2. The molecule has 1 amide bonds. The third kappa shape index (κ3) is 4.10. The summed E-state index contributed by atoms with van der Waals surface area (Å²) >= 11 is 0. The van der Waals surface area contributed by atoms with Crippen molar-refractivity contribution in [2.75, 3.05) is 0 Å². The maximum absolute atomic E-state index is 13.2. The number of aryl methyl sites for hydroxylation is 1. The standard InChI is InChI=1S/C21H21N3O/c1-16-9-8-13-20(23-16)21(25)24(15-18-10-4-3-5-11-18)17(2)19-12-6-7-14-22-19/h3-14,17H,15H2,1-2H3/t17-/m1/s1. The quantitative estimate of drug-likeness (QED) is 0.704. The van der Waals surface area contributed by atoms with Crippen LogP contribution in [0.4, 0.5) is 0 Å². The van der Waals surface area contributed by atoms with E-state index in [2.05, 4.69) is 9.97 Å². The molecule has 126 valence electrons. The molecule has 2 aromatic heterocycles. The molecule has 25 heavy (non-hydrogen) atoms. The molecule has 0 N–H and O–H groups in total. The van der Waals surface area contributed by atoms with Crippen molar-refractivity contribution in [1.29, 1.82) is 0 Å². The summed E-state index contributed by atoms with van der Waals surface area (Å²) in [6.07, 6.45) is 1.75. The van der Waals surface area contributed by atoms with Gasteiger partial charge in [-0.15, -0.1) is 0 Å². The number of carbonyl (C=O) groups excluding carboxylic acids is 1. The van der Waals surface area contributed by atoms with Crippen LogP contribution in [0.3, 0.4) is 0 Å². The first-order valence-corrected chi connectivity index (χ1v) is 8.34. The summed E-state index contributed by atoms with van der Waals surface area (Å²) in [7, 11) is 0. The van der Waals surface area contributed by atoms with E-state index in [9.17, 15) is 4.79 Å². The highest BCUT2D eigenvalue weighted by Crippen LogP contribution is 2.23. The molecule has 0 aliphatic heterocycles. The maximum atomic E-state index is 13.2. The molecule has 1 atom stereocenters. The molecule has 0 unspecified atom stereocenters. The monoisotopic (exact) mass is 331 g/mol. The van der Waals surface area contributed by atoms with Crippen molar-refractivity contribution < 1.29 is 4.79 Å². The number of nitrogens with zero attached hydrogens (tertiary/aromatic N) is 3. The van der Waals surface area contributed by atoms with E-state index in [4.69, 9.17) is 0 Å². The minimum absolute atomic E-state index is 0.0919. The Hall–Kier alpha value is -3.01. The Bertz CT molecular complexity index is 834. The van der Waals surface area contributed by atoms with Crippen LogP contribution >= 0.6 is 0 Å². The van der Waals surface area contributed by atoms with E-state index in [0.717, 1.165) is 17.0 Å². The Balaban J connectivity index is 1.95. The smallest absolute Gasteiger partial charge is 0.273 e. The summed E-state index contributed by atoms with van der Waals surface area (Å²) in [4.78, 5) is 23.8. The average Bonchev–Trinajstić information content (AvgIpc) is 2.66. The second-order valence-corrected chi connectivity index (χ2v) is 6.01. The van der Waals surface area contributed by atoms with Crippen LogP contribution in [0, 0.1) is 6.92 Å². The molecule has 0 spiro atoms. The molecule has 1 aromatic carbocycles. The lowest BCUT2D eigenvalue weighted by Gasteiger charge is -2.29. The Kier molecular flexibility index (Phi) is 5.19. The number of aromatic nitrogens is 2. The largest absolute Gasteiger partial charge is 0.325 e. The second kappa shape index (κ2) is 7.71. The first-order chi connectivity index (χ1) is 12.1. The lowest BCUT2D eigenvalue weighted by atomic mass is 10.1. The van der Waals surface area contributed by atoms with Gasteiger partial charge in [0.1, 0.15) is 5.69 Å². The van der Waals surface area contributed by atoms with Crippen LogP contribution in [-0.4, -0.2) is 20.8 Å². The van der Waals surface area contributed by atoms with Gasteiger partial charge >= 0.3 is 0 Å². The van der Waals surface area contributed by atoms with Crippen molar-refractivity contribution in [3.63, 3.8) is 0 Å². The fourth-order valence-electron chi connectivity index (χ4n) is 2.76. The number of amides is 1. The van der Waals surface area contributed by atoms with Crippen LogP contribution in [0.5, 0.6) is 0 Å². The molecule has 0 saturated carbocycles. The highest BCUT2D eigenvalue weighted by Gasteiger charge is 2.24. The van der Waals surface area contributed by atoms with E-state index in [-0.39, 0.29) is 11.9 Å². The van der Waals surface area contributed by atoms with Gasteiger partial charge in [-0.3, -0.25) is 9.78 Å². The molecule has 0 radical (unpaired) electrons. The Morgan fingerprint density at radius 1 is 1.00 bits per heavy atom. The summed E-state index contributed by atoms with van der Waals surface area (Å²) in [5.41, 5.74) is 3.22. The highest BCUT2D eigenvalue weighted by atomic mass is 16.2. The summed E-state index contributed by atoms with van der Waals surface area (Å²) < 4.78 is 0. The first-order valence-electron chi connectivity index (χ1n) is 8.34. The molecular weight excluding hydrogens is 310 g/mol. The minimum Gasteiger partial charge on any atom is -0.325 e. The molecule has 0 fully saturated rings. The predicted molar refractivity (Wildman–Crippen MR) is 97.9 cm³/mol. The van der Waals surface area contributed by atoms with Crippen LogP contribution in [0.25, 0.3) is 0 Å². The van der Waals surface area contributed by atoms with Gasteiger partial charge in [0.05, 0.1) is 11.7 Å². The third-order valence-corrected chi connectivity index (χ3v) is 4.15. The van der Waals surface area contributed by atoms with E-state index in [0.29, 0.717) is 12.2 Å². The van der Waals surface area contributed by atoms with E-state index < -0.39 is 0 Å². The van der Waals surface area contributed by atoms with Crippen molar-refractivity contribution in [1.82, 2.24) is 14.9 Å². The Labute approximate surface area is 148 Å². The molecular formula is C21H21N3O. The zero-order valence-electron chi connectivity index (χ0n) is 14.5. The SMILES string of the molecule is Cc1cccc(C(=O)N(Cc2ccccc2)[C@H](C)c2ccccn2)n1. The van der Waals surface area contributed by atoms with Gasteiger partial charge < -0.3 is 4.90 Å². The molecule has 3 aromatic rings. The van der Waals surface area contributed by atoms with Crippen LogP contribution in [0.15, 0.2) is 72.9 Å². The maximum Gasteiger partial charge on any atom is 0.273 e. The van der Waals surface area contributed by atoms with Crippen LogP contribution in [0.1, 0.15) is 40.4 Å².